The number of hydrogen-bond acceptors (Lipinski definition) is 4. The van der Waals surface area contributed by atoms with Crippen molar-refractivity contribution in [2.75, 3.05) is 16.8 Å². The van der Waals surface area contributed by atoms with E-state index < -0.39 is 29.2 Å². The normalized spacial score (nSPS) is 11.5. The zero-order valence-corrected chi connectivity index (χ0v) is 19.5. The molecule has 3 rings (SSSR count). The number of halogens is 2. The molecule has 35 heavy (non-hydrogen) atoms. The molecule has 8 nitrogen and oxygen atoms in total. The minimum absolute atomic E-state index is 0.0830. The number of benzene rings is 2. The molecule has 10 heteroatoms. The summed E-state index contributed by atoms with van der Waals surface area (Å²) in [6.07, 6.45) is 4.97. The molecule has 184 valence electrons. The van der Waals surface area contributed by atoms with Crippen molar-refractivity contribution >= 4 is 29.5 Å². The Morgan fingerprint density at radius 2 is 1.86 bits per heavy atom. The Morgan fingerprint density at radius 3 is 2.51 bits per heavy atom. The highest BCUT2D eigenvalue weighted by Gasteiger charge is 2.29. The number of carboxylic acid groups (broad SMARTS) is 1. The van der Waals surface area contributed by atoms with Crippen molar-refractivity contribution in [1.29, 1.82) is 0 Å². The molecule has 0 aliphatic rings. The Balaban J connectivity index is 1.60. The first kappa shape index (κ1) is 25.4. The number of carbonyl (C=O) groups excluding carboxylic acids is 1. The highest BCUT2D eigenvalue weighted by Crippen LogP contribution is 2.31. The van der Waals surface area contributed by atoms with Crippen LogP contribution >= 0.6 is 0 Å². The van der Waals surface area contributed by atoms with E-state index in [-0.39, 0.29) is 12.4 Å². The van der Waals surface area contributed by atoms with Crippen molar-refractivity contribution in [3.8, 4) is 5.75 Å². The summed E-state index contributed by atoms with van der Waals surface area (Å²) in [5.74, 6) is -1.80. The summed E-state index contributed by atoms with van der Waals surface area (Å²) < 4.78 is 33.3. The van der Waals surface area contributed by atoms with Crippen LogP contribution in [0.15, 0.2) is 60.9 Å². The minimum atomic E-state index is -1.13. The van der Waals surface area contributed by atoms with Gasteiger partial charge in [0.05, 0.1) is 24.1 Å². The van der Waals surface area contributed by atoms with Gasteiger partial charge in [-0.05, 0) is 39.0 Å². The SMILES string of the molecule is CC(C)(C)N(C(=O)O)c1ccccc1NC(=O)/C=C/c1cnn(CCOc2cc(F)cc(F)c2)c1. The number of hydrogen-bond donors (Lipinski definition) is 2. The molecule has 2 aromatic carbocycles. The highest BCUT2D eigenvalue weighted by molar-refractivity contribution is 6.05. The molecule has 1 aromatic heterocycles. The van der Waals surface area contributed by atoms with Crippen molar-refractivity contribution < 1.29 is 28.2 Å². The van der Waals surface area contributed by atoms with Crippen molar-refractivity contribution in [3.63, 3.8) is 0 Å². The molecule has 0 fully saturated rings. The van der Waals surface area contributed by atoms with Gasteiger partial charge in [0.1, 0.15) is 24.0 Å². The molecule has 1 heterocycles. The van der Waals surface area contributed by atoms with Gasteiger partial charge >= 0.3 is 6.09 Å². The maximum Gasteiger partial charge on any atom is 0.412 e. The van der Waals surface area contributed by atoms with Gasteiger partial charge in [0, 0.05) is 41.6 Å². The Kier molecular flexibility index (Phi) is 7.85. The predicted octanol–water partition coefficient (Wildman–Crippen LogP) is 5.18. The number of amides is 2. The van der Waals surface area contributed by atoms with Crippen molar-refractivity contribution in [1.82, 2.24) is 9.78 Å². The van der Waals surface area contributed by atoms with E-state index in [2.05, 4.69) is 10.4 Å². The first-order chi connectivity index (χ1) is 16.5. The molecule has 0 bridgehead atoms. The number of anilines is 2. The predicted molar refractivity (Wildman–Crippen MR) is 128 cm³/mol. The lowest BCUT2D eigenvalue weighted by molar-refractivity contribution is -0.111. The summed E-state index contributed by atoms with van der Waals surface area (Å²) in [5.41, 5.74) is 0.650. The maximum atomic E-state index is 13.2. The Bertz CT molecular complexity index is 1210. The number of nitrogens with one attached hydrogen (secondary N) is 1. The second-order valence-corrected chi connectivity index (χ2v) is 8.62. The molecule has 0 atom stereocenters. The van der Waals surface area contributed by atoms with Gasteiger partial charge in [-0.1, -0.05) is 12.1 Å². The quantitative estimate of drug-likeness (QED) is 0.430. The summed E-state index contributed by atoms with van der Waals surface area (Å²) in [6.45, 7) is 5.75. The minimum Gasteiger partial charge on any atom is -0.491 e. The van der Waals surface area contributed by atoms with E-state index in [1.807, 2.05) is 0 Å². The molecule has 3 aromatic rings. The van der Waals surface area contributed by atoms with Crippen LogP contribution in [0.1, 0.15) is 26.3 Å². The zero-order chi connectivity index (χ0) is 25.6. The average Bonchev–Trinajstić information content (AvgIpc) is 3.19. The van der Waals surface area contributed by atoms with Crippen LogP contribution < -0.4 is 15.0 Å². The molecule has 2 N–H and O–H groups in total. The van der Waals surface area contributed by atoms with Gasteiger partial charge in [-0.2, -0.15) is 5.10 Å². The third-order valence-electron chi connectivity index (χ3n) is 4.77. The lowest BCUT2D eigenvalue weighted by atomic mass is 10.0. The second-order valence-electron chi connectivity index (χ2n) is 8.62. The number of ether oxygens (including phenoxy) is 1. The highest BCUT2D eigenvalue weighted by atomic mass is 19.1. The second kappa shape index (κ2) is 10.8. The standard InChI is InChI=1S/C25H26F2N4O4/c1-25(2,3)31(24(33)34)22-7-5-4-6-21(22)29-23(32)9-8-17-15-28-30(16-17)10-11-35-20-13-18(26)12-19(27)14-20/h4-9,12-16H,10-11H2,1-3H3,(H,29,32)(H,33,34)/b9-8+. The number of carbonyl (C=O) groups is 2. The van der Waals surface area contributed by atoms with E-state index in [1.54, 1.807) is 68.2 Å². The van der Waals surface area contributed by atoms with Crippen LogP contribution in [0.25, 0.3) is 6.08 Å². The molecule has 2 amide bonds. The Labute approximate surface area is 201 Å². The smallest absolute Gasteiger partial charge is 0.412 e. The average molecular weight is 485 g/mol. The van der Waals surface area contributed by atoms with Crippen LogP contribution in [-0.2, 0) is 11.3 Å². The van der Waals surface area contributed by atoms with E-state index in [0.29, 0.717) is 23.5 Å². The van der Waals surface area contributed by atoms with Crippen LogP contribution in [0.5, 0.6) is 5.75 Å². The van der Waals surface area contributed by atoms with Crippen LogP contribution in [0, 0.1) is 11.6 Å². The van der Waals surface area contributed by atoms with Gasteiger partial charge in [0.15, 0.2) is 0 Å². The molecule has 0 saturated heterocycles. The number of aromatic nitrogens is 2. The summed E-state index contributed by atoms with van der Waals surface area (Å²) in [6, 6.07) is 9.61. The van der Waals surface area contributed by atoms with E-state index in [0.717, 1.165) is 18.2 Å². The third-order valence-corrected chi connectivity index (χ3v) is 4.77. The van der Waals surface area contributed by atoms with Gasteiger partial charge < -0.3 is 15.2 Å². The van der Waals surface area contributed by atoms with Gasteiger partial charge in [0.2, 0.25) is 5.91 Å². The third kappa shape index (κ3) is 7.13. The van der Waals surface area contributed by atoms with Crippen LogP contribution in [0.3, 0.4) is 0 Å². The molecule has 0 unspecified atom stereocenters. The van der Waals surface area contributed by atoms with Crippen LogP contribution in [0.2, 0.25) is 0 Å². The number of para-hydroxylation sites is 2. The fourth-order valence-corrected chi connectivity index (χ4v) is 3.33. The summed E-state index contributed by atoms with van der Waals surface area (Å²) in [5, 5.41) is 16.6. The monoisotopic (exact) mass is 484 g/mol. The molecular formula is C25H26F2N4O4. The van der Waals surface area contributed by atoms with Gasteiger partial charge in [-0.3, -0.25) is 14.4 Å². The molecule has 0 spiro atoms. The fraction of sp³-hybridized carbons (Fsp3) is 0.240. The first-order valence-electron chi connectivity index (χ1n) is 10.8. The Hall–Kier alpha value is -4.21. The van der Waals surface area contributed by atoms with Crippen molar-refractivity contribution in [2.24, 2.45) is 0 Å². The Morgan fingerprint density at radius 1 is 1.17 bits per heavy atom. The molecular weight excluding hydrogens is 458 g/mol. The van der Waals surface area contributed by atoms with Gasteiger partial charge in [0.25, 0.3) is 0 Å². The number of nitrogens with zero attached hydrogens (tertiary/aromatic N) is 3. The van der Waals surface area contributed by atoms with Gasteiger partial charge in [-0.25, -0.2) is 13.6 Å². The summed E-state index contributed by atoms with van der Waals surface area (Å²) in [4.78, 5) is 25.5. The fourth-order valence-electron chi connectivity index (χ4n) is 3.33. The lowest BCUT2D eigenvalue weighted by Crippen LogP contribution is -2.45. The molecule has 0 radical (unpaired) electrons. The molecule has 0 aliphatic heterocycles. The zero-order valence-electron chi connectivity index (χ0n) is 19.5. The van der Waals surface area contributed by atoms with Crippen LogP contribution in [-0.4, -0.2) is 39.0 Å². The van der Waals surface area contributed by atoms with Crippen molar-refractivity contribution in [3.05, 3.63) is 78.1 Å². The van der Waals surface area contributed by atoms with E-state index >= 15 is 0 Å². The summed E-state index contributed by atoms with van der Waals surface area (Å²) >= 11 is 0. The lowest BCUT2D eigenvalue weighted by Gasteiger charge is -2.34. The number of rotatable bonds is 8. The van der Waals surface area contributed by atoms with E-state index in [1.165, 1.54) is 11.0 Å². The van der Waals surface area contributed by atoms with Gasteiger partial charge in [-0.15, -0.1) is 0 Å². The van der Waals surface area contributed by atoms with Crippen LogP contribution in [0.4, 0.5) is 25.0 Å². The van der Waals surface area contributed by atoms with E-state index in [4.69, 9.17) is 4.74 Å². The topological polar surface area (TPSA) is 96.7 Å². The molecule has 0 aliphatic carbocycles. The molecule has 0 saturated carbocycles. The largest absolute Gasteiger partial charge is 0.491 e. The first-order valence-corrected chi connectivity index (χ1v) is 10.8. The van der Waals surface area contributed by atoms with E-state index in [9.17, 15) is 23.5 Å². The van der Waals surface area contributed by atoms with Crippen molar-refractivity contribution in [2.45, 2.75) is 32.9 Å². The summed E-state index contributed by atoms with van der Waals surface area (Å²) in [7, 11) is 0. The maximum absolute atomic E-state index is 13.2.